The molecule has 1 aromatic rings. The van der Waals surface area contributed by atoms with Crippen molar-refractivity contribution in [3.05, 3.63) is 28.2 Å². The lowest BCUT2D eigenvalue weighted by Crippen LogP contribution is -2.41. The molecule has 0 unspecified atom stereocenters. The normalized spacial score (nSPS) is 20.1. The van der Waals surface area contributed by atoms with Crippen molar-refractivity contribution in [2.75, 3.05) is 17.7 Å². The predicted molar refractivity (Wildman–Crippen MR) is 75.2 cm³/mol. The van der Waals surface area contributed by atoms with E-state index in [0.717, 1.165) is 6.26 Å². The largest absolute Gasteiger partial charge is 0.311 e. The second-order valence-electron chi connectivity index (χ2n) is 4.32. The lowest BCUT2D eigenvalue weighted by atomic mass is 10.3. The average Bonchev–Trinajstić information content (AvgIpc) is 2.63. The van der Waals surface area contributed by atoms with Crippen LogP contribution >= 0.6 is 23.2 Å². The van der Waals surface area contributed by atoms with Gasteiger partial charge in [-0.2, -0.15) is 0 Å². The summed E-state index contributed by atoms with van der Waals surface area (Å²) in [5.41, 5.74) is 0.609. The minimum Gasteiger partial charge on any atom is -0.311 e. The van der Waals surface area contributed by atoms with E-state index in [1.165, 1.54) is 4.90 Å². The van der Waals surface area contributed by atoms with Crippen LogP contribution in [0.2, 0.25) is 10.0 Å². The smallest absolute Gasteiger partial charge is 0.245 e. The number of hydrogen-bond acceptors (Lipinski definition) is 3. The predicted octanol–water partition coefficient (Wildman–Crippen LogP) is 1.65. The van der Waals surface area contributed by atoms with Crippen LogP contribution in [0.1, 0.15) is 6.42 Å². The Morgan fingerprint density at radius 2 is 2.00 bits per heavy atom. The minimum absolute atomic E-state index is 0.288. The summed E-state index contributed by atoms with van der Waals surface area (Å²) in [5.74, 6) is -0.288. The summed E-state index contributed by atoms with van der Waals surface area (Å²) in [7, 11) is -3.41. The van der Waals surface area contributed by atoms with Crippen molar-refractivity contribution < 1.29 is 13.2 Å². The molecule has 0 bridgehead atoms. The summed E-state index contributed by atoms with van der Waals surface area (Å²) in [4.78, 5) is 13.6. The van der Waals surface area contributed by atoms with Gasteiger partial charge in [0.15, 0.2) is 0 Å². The molecular formula is C11H12Cl2N2O3S. The molecule has 104 valence electrons. The van der Waals surface area contributed by atoms with Crippen LogP contribution in [0.5, 0.6) is 0 Å². The molecule has 1 saturated heterocycles. The summed E-state index contributed by atoms with van der Waals surface area (Å²) >= 11 is 11.7. The van der Waals surface area contributed by atoms with E-state index < -0.39 is 16.1 Å². The number of carbonyl (C=O) groups excluding carboxylic acids is 1. The SMILES string of the molecule is CS(=O)(=O)N[C@H]1CCN(c2ccc(Cl)c(Cl)c2)C1=O. The fourth-order valence-electron chi connectivity index (χ4n) is 1.96. The van der Waals surface area contributed by atoms with E-state index >= 15 is 0 Å². The monoisotopic (exact) mass is 322 g/mol. The molecule has 0 spiro atoms. The highest BCUT2D eigenvalue weighted by Crippen LogP contribution is 2.29. The van der Waals surface area contributed by atoms with Gasteiger partial charge >= 0.3 is 0 Å². The Morgan fingerprint density at radius 1 is 1.32 bits per heavy atom. The summed E-state index contributed by atoms with van der Waals surface area (Å²) in [5, 5.41) is 0.759. The molecule has 1 fully saturated rings. The van der Waals surface area contributed by atoms with Gasteiger partial charge in [-0.05, 0) is 24.6 Å². The van der Waals surface area contributed by atoms with Crippen LogP contribution in [0, 0.1) is 0 Å². The first kappa shape index (κ1) is 14.6. The van der Waals surface area contributed by atoms with Gasteiger partial charge in [0.25, 0.3) is 0 Å². The quantitative estimate of drug-likeness (QED) is 0.920. The van der Waals surface area contributed by atoms with Gasteiger partial charge in [0, 0.05) is 12.2 Å². The molecule has 1 atom stereocenters. The Bertz CT molecular complexity index is 618. The highest BCUT2D eigenvalue weighted by atomic mass is 35.5. The van der Waals surface area contributed by atoms with Gasteiger partial charge in [-0.25, -0.2) is 13.1 Å². The van der Waals surface area contributed by atoms with Crippen LogP contribution < -0.4 is 9.62 Å². The van der Waals surface area contributed by atoms with Gasteiger partial charge in [-0.1, -0.05) is 23.2 Å². The van der Waals surface area contributed by atoms with Gasteiger partial charge < -0.3 is 4.90 Å². The van der Waals surface area contributed by atoms with E-state index in [9.17, 15) is 13.2 Å². The standard InChI is InChI=1S/C11H12Cl2N2O3S/c1-19(17,18)14-10-4-5-15(11(10)16)7-2-3-8(12)9(13)6-7/h2-3,6,10,14H,4-5H2,1H3/t10-/m0/s1. The van der Waals surface area contributed by atoms with E-state index in [4.69, 9.17) is 23.2 Å². The van der Waals surface area contributed by atoms with E-state index in [1.807, 2.05) is 0 Å². The number of rotatable bonds is 3. The molecule has 1 aliphatic rings. The number of carbonyl (C=O) groups is 1. The molecule has 19 heavy (non-hydrogen) atoms. The molecular weight excluding hydrogens is 311 g/mol. The minimum atomic E-state index is -3.41. The van der Waals surface area contributed by atoms with Crippen molar-refractivity contribution in [3.8, 4) is 0 Å². The summed E-state index contributed by atoms with van der Waals surface area (Å²) < 4.78 is 24.6. The lowest BCUT2D eigenvalue weighted by Gasteiger charge is -2.17. The van der Waals surface area contributed by atoms with Gasteiger partial charge in [-0.15, -0.1) is 0 Å². The maximum atomic E-state index is 12.1. The third kappa shape index (κ3) is 3.39. The van der Waals surface area contributed by atoms with Crippen LogP contribution in [-0.4, -0.2) is 33.2 Å². The van der Waals surface area contributed by atoms with Crippen molar-refractivity contribution in [2.24, 2.45) is 0 Å². The molecule has 1 heterocycles. The van der Waals surface area contributed by atoms with Crippen LogP contribution in [-0.2, 0) is 14.8 Å². The number of amides is 1. The number of hydrogen-bond donors (Lipinski definition) is 1. The Balaban J connectivity index is 2.20. The molecule has 0 saturated carbocycles. The van der Waals surface area contributed by atoms with Gasteiger partial charge in [0.05, 0.1) is 16.3 Å². The number of halogens is 2. The highest BCUT2D eigenvalue weighted by Gasteiger charge is 2.34. The van der Waals surface area contributed by atoms with E-state index in [1.54, 1.807) is 18.2 Å². The third-order valence-electron chi connectivity index (χ3n) is 2.78. The molecule has 5 nitrogen and oxygen atoms in total. The second-order valence-corrected chi connectivity index (χ2v) is 6.91. The first-order chi connectivity index (χ1) is 8.78. The number of sulfonamides is 1. The number of nitrogens with one attached hydrogen (secondary N) is 1. The Morgan fingerprint density at radius 3 is 2.58 bits per heavy atom. The molecule has 1 amide bonds. The molecule has 2 rings (SSSR count). The van der Waals surface area contributed by atoms with Crippen molar-refractivity contribution in [1.29, 1.82) is 0 Å². The maximum Gasteiger partial charge on any atom is 0.245 e. The van der Waals surface area contributed by atoms with Crippen LogP contribution in [0.25, 0.3) is 0 Å². The summed E-state index contributed by atoms with van der Waals surface area (Å²) in [6, 6.07) is 4.15. The van der Waals surface area contributed by atoms with Crippen molar-refractivity contribution in [2.45, 2.75) is 12.5 Å². The summed E-state index contributed by atoms with van der Waals surface area (Å²) in [6.07, 6.45) is 1.45. The van der Waals surface area contributed by atoms with Gasteiger partial charge in [0.1, 0.15) is 6.04 Å². The number of nitrogens with zero attached hydrogens (tertiary/aromatic N) is 1. The first-order valence-corrected chi connectivity index (χ1v) is 8.16. The van der Waals surface area contributed by atoms with Crippen LogP contribution in [0.15, 0.2) is 18.2 Å². The van der Waals surface area contributed by atoms with Gasteiger partial charge in [-0.3, -0.25) is 4.79 Å². The summed E-state index contributed by atoms with van der Waals surface area (Å²) in [6.45, 7) is 0.435. The Hall–Kier alpha value is -0.820. The van der Waals surface area contributed by atoms with Gasteiger partial charge in [0.2, 0.25) is 15.9 Å². The molecule has 1 aromatic carbocycles. The van der Waals surface area contributed by atoms with Crippen LogP contribution in [0.4, 0.5) is 5.69 Å². The van der Waals surface area contributed by atoms with Crippen LogP contribution in [0.3, 0.4) is 0 Å². The molecule has 8 heteroatoms. The zero-order valence-electron chi connectivity index (χ0n) is 10.1. The van der Waals surface area contributed by atoms with E-state index in [2.05, 4.69) is 4.72 Å². The average molecular weight is 323 g/mol. The molecule has 0 aliphatic carbocycles. The number of benzene rings is 1. The zero-order chi connectivity index (χ0) is 14.2. The molecule has 1 aliphatic heterocycles. The topological polar surface area (TPSA) is 66.5 Å². The molecule has 0 radical (unpaired) electrons. The fourth-order valence-corrected chi connectivity index (χ4v) is 2.98. The maximum absolute atomic E-state index is 12.1. The third-order valence-corrected chi connectivity index (χ3v) is 4.23. The Labute approximate surface area is 121 Å². The molecule has 1 N–H and O–H groups in total. The van der Waals surface area contributed by atoms with Crippen molar-refractivity contribution >= 4 is 44.8 Å². The van der Waals surface area contributed by atoms with E-state index in [-0.39, 0.29) is 5.91 Å². The number of anilines is 1. The second kappa shape index (κ2) is 5.28. The fraction of sp³-hybridized carbons (Fsp3) is 0.364. The van der Waals surface area contributed by atoms with E-state index in [0.29, 0.717) is 28.7 Å². The van der Waals surface area contributed by atoms with Crippen molar-refractivity contribution in [1.82, 2.24) is 4.72 Å². The first-order valence-electron chi connectivity index (χ1n) is 5.51. The zero-order valence-corrected chi connectivity index (χ0v) is 12.4. The lowest BCUT2D eigenvalue weighted by molar-refractivity contribution is -0.118. The highest BCUT2D eigenvalue weighted by molar-refractivity contribution is 7.88. The molecule has 0 aromatic heterocycles. The van der Waals surface area contributed by atoms with Crippen molar-refractivity contribution in [3.63, 3.8) is 0 Å². The Kier molecular flexibility index (Phi) is 4.06.